The zero-order chi connectivity index (χ0) is 44.9. The summed E-state index contributed by atoms with van der Waals surface area (Å²) < 4.78 is 77.1. The molecule has 0 unspecified atom stereocenters. The molecule has 0 spiro atoms. The average molecular weight is 734 g/mol. The lowest BCUT2D eigenvalue weighted by Gasteiger charge is -2.29. The number of hydrogen-bond donors (Lipinski definition) is 0. The van der Waals surface area contributed by atoms with E-state index >= 15 is 0 Å². The molecule has 0 radical (unpaired) electrons. The summed E-state index contributed by atoms with van der Waals surface area (Å²) >= 11 is 0. The highest BCUT2D eigenvalue weighted by atomic mass is 15.1. The number of nitrogens with zero attached hydrogens (tertiary/aromatic N) is 1. The van der Waals surface area contributed by atoms with Crippen LogP contribution in [0.4, 0.5) is 17.1 Å². The Kier molecular flexibility index (Phi) is 6.92. The Hall–Kier alpha value is -7.48. The lowest BCUT2D eigenvalue weighted by Crippen LogP contribution is -2.11. The van der Waals surface area contributed by atoms with E-state index in [1.165, 1.54) is 4.90 Å². The Bertz CT molecular complexity index is 3460. The largest absolute Gasteiger partial charge is 0.310 e. The standard InChI is InChI=1S/C56H39N/c1-2-17-41(18-3-1)51-25-8-9-26-52(51)53-27-10-11-28-54(53)55-29-12-13-31-56(55)57(47-36-34-43(35-37-47)50-30-15-21-42-19-6-7-24-49(42)50)48-23-14-22-45(39-48)46-33-32-40-16-4-5-20-44(40)38-46/h1-39H/i14D,22D,23D,34D,35D,36D,37D,39D. The Labute approximate surface area is 345 Å². The van der Waals surface area contributed by atoms with Crippen LogP contribution in [0.5, 0.6) is 0 Å². The number of anilines is 3. The molecule has 1 nitrogen and oxygen atoms in total. The first kappa shape index (κ1) is 26.3. The van der Waals surface area contributed by atoms with Crippen molar-refractivity contribution in [2.24, 2.45) is 0 Å². The Morgan fingerprint density at radius 1 is 0.316 bits per heavy atom. The summed E-state index contributed by atoms with van der Waals surface area (Å²) in [6.45, 7) is 0. The molecule has 0 bridgehead atoms. The second-order valence-electron chi connectivity index (χ2n) is 13.8. The molecule has 0 aliphatic rings. The van der Waals surface area contributed by atoms with Crippen LogP contribution in [0.25, 0.3) is 77.2 Å². The Balaban J connectivity index is 1.29. The predicted octanol–water partition coefficient (Wildman–Crippen LogP) is 15.8. The van der Waals surface area contributed by atoms with Crippen LogP contribution in [0.3, 0.4) is 0 Å². The second kappa shape index (κ2) is 15.0. The van der Waals surface area contributed by atoms with Crippen molar-refractivity contribution in [1.82, 2.24) is 0 Å². The van der Waals surface area contributed by atoms with Crippen molar-refractivity contribution < 1.29 is 11.0 Å². The van der Waals surface area contributed by atoms with Crippen LogP contribution in [-0.2, 0) is 0 Å². The molecule has 0 saturated heterocycles. The molecule has 0 aliphatic heterocycles. The molecular formula is C56H39N. The summed E-state index contributed by atoms with van der Waals surface area (Å²) in [5.41, 5.74) is 6.53. The lowest BCUT2D eigenvalue weighted by atomic mass is 9.88. The van der Waals surface area contributed by atoms with Crippen molar-refractivity contribution in [3.63, 3.8) is 0 Å². The fourth-order valence-electron chi connectivity index (χ4n) is 7.72. The van der Waals surface area contributed by atoms with Gasteiger partial charge in [0.15, 0.2) is 0 Å². The van der Waals surface area contributed by atoms with Crippen LogP contribution in [0, 0.1) is 0 Å². The second-order valence-corrected chi connectivity index (χ2v) is 13.8. The van der Waals surface area contributed by atoms with E-state index in [2.05, 4.69) is 24.3 Å². The SMILES string of the molecule is [2H]c1c([2H])c(-c2ccc3ccccc3c2)c([2H])c(N(c2ccccc2-c2ccccc2-c2ccccc2-c2ccccc2)c2c([2H])c([2H])c(-c3cccc4ccccc34)c([2H])c2[2H])c1[2H]. The van der Waals surface area contributed by atoms with E-state index in [1.807, 2.05) is 140 Å². The molecule has 0 N–H and O–H groups in total. The van der Waals surface area contributed by atoms with Gasteiger partial charge in [0.25, 0.3) is 0 Å². The maximum absolute atomic E-state index is 10.0. The van der Waals surface area contributed by atoms with E-state index in [4.69, 9.17) is 0 Å². The van der Waals surface area contributed by atoms with Crippen molar-refractivity contribution in [2.75, 3.05) is 4.90 Å². The molecule has 0 amide bonds. The number of benzene rings is 10. The number of rotatable bonds is 8. The summed E-state index contributed by atoms with van der Waals surface area (Å²) in [7, 11) is 0. The molecular weight excluding hydrogens is 687 g/mol. The molecule has 10 rings (SSSR count). The van der Waals surface area contributed by atoms with E-state index < -0.39 is 12.1 Å². The zero-order valence-corrected chi connectivity index (χ0v) is 30.8. The molecule has 0 aliphatic carbocycles. The molecule has 10 aromatic carbocycles. The lowest BCUT2D eigenvalue weighted by molar-refractivity contribution is 1.28. The van der Waals surface area contributed by atoms with E-state index in [-0.39, 0.29) is 58.8 Å². The van der Waals surface area contributed by atoms with E-state index in [0.29, 0.717) is 22.4 Å². The average Bonchev–Trinajstić information content (AvgIpc) is 3.35. The topological polar surface area (TPSA) is 3.24 Å². The smallest absolute Gasteiger partial charge is 0.0651 e. The predicted molar refractivity (Wildman–Crippen MR) is 243 cm³/mol. The quantitative estimate of drug-likeness (QED) is 0.150. The van der Waals surface area contributed by atoms with Crippen molar-refractivity contribution in [3.8, 4) is 55.6 Å². The first-order valence-electron chi connectivity index (χ1n) is 23.0. The highest BCUT2D eigenvalue weighted by Crippen LogP contribution is 2.46. The van der Waals surface area contributed by atoms with Gasteiger partial charge in [0, 0.05) is 16.9 Å². The number of hydrogen-bond acceptors (Lipinski definition) is 1. The maximum atomic E-state index is 10.0. The minimum absolute atomic E-state index is 0.106. The molecule has 0 saturated carbocycles. The van der Waals surface area contributed by atoms with E-state index in [1.54, 1.807) is 24.3 Å². The van der Waals surface area contributed by atoms with Gasteiger partial charge in [-0.05, 0) is 108 Å². The molecule has 0 aromatic heterocycles. The van der Waals surface area contributed by atoms with Crippen LogP contribution < -0.4 is 4.90 Å². The Morgan fingerprint density at radius 3 is 1.68 bits per heavy atom. The monoisotopic (exact) mass is 733 g/mol. The third-order valence-corrected chi connectivity index (χ3v) is 10.4. The van der Waals surface area contributed by atoms with Crippen LogP contribution in [0.1, 0.15) is 11.0 Å². The van der Waals surface area contributed by atoms with Crippen molar-refractivity contribution in [1.29, 1.82) is 0 Å². The van der Waals surface area contributed by atoms with Crippen LogP contribution in [0.15, 0.2) is 236 Å². The van der Waals surface area contributed by atoms with Crippen LogP contribution in [-0.4, -0.2) is 0 Å². The third-order valence-electron chi connectivity index (χ3n) is 10.4. The minimum atomic E-state index is -0.461. The van der Waals surface area contributed by atoms with Crippen molar-refractivity contribution in [2.45, 2.75) is 0 Å². The van der Waals surface area contributed by atoms with E-state index in [9.17, 15) is 11.0 Å². The van der Waals surface area contributed by atoms with Crippen LogP contribution in [0.2, 0.25) is 0 Å². The van der Waals surface area contributed by atoms with Gasteiger partial charge < -0.3 is 4.90 Å². The molecule has 0 atom stereocenters. The van der Waals surface area contributed by atoms with Gasteiger partial charge in [0.2, 0.25) is 0 Å². The maximum Gasteiger partial charge on any atom is 0.0651 e. The van der Waals surface area contributed by atoms with Gasteiger partial charge in [-0.25, -0.2) is 0 Å². The van der Waals surface area contributed by atoms with Gasteiger partial charge in [0.05, 0.1) is 16.7 Å². The van der Waals surface area contributed by atoms with Gasteiger partial charge in [-0.1, -0.05) is 200 Å². The van der Waals surface area contributed by atoms with Gasteiger partial charge >= 0.3 is 0 Å². The highest BCUT2D eigenvalue weighted by Gasteiger charge is 2.21. The summed E-state index contributed by atoms with van der Waals surface area (Å²) in [5.74, 6) is 0. The van der Waals surface area contributed by atoms with Gasteiger partial charge in [-0.2, -0.15) is 0 Å². The molecule has 1 heteroatoms. The first-order chi connectivity index (χ1) is 31.6. The minimum Gasteiger partial charge on any atom is -0.310 e. The highest BCUT2D eigenvalue weighted by molar-refractivity contribution is 5.99. The number of fused-ring (bicyclic) bond motifs is 2. The summed E-state index contributed by atoms with van der Waals surface area (Å²) in [6.07, 6.45) is 0. The fraction of sp³-hybridized carbons (Fsp3) is 0. The molecule has 10 aromatic rings. The zero-order valence-electron chi connectivity index (χ0n) is 38.8. The van der Waals surface area contributed by atoms with Gasteiger partial charge in [-0.3, -0.25) is 0 Å². The van der Waals surface area contributed by atoms with Gasteiger partial charge in [0.1, 0.15) is 0 Å². The number of para-hydroxylation sites is 1. The normalized spacial score (nSPS) is 13.1. The molecule has 0 fully saturated rings. The molecule has 0 heterocycles. The fourth-order valence-corrected chi connectivity index (χ4v) is 7.72. The summed E-state index contributed by atoms with van der Waals surface area (Å²) in [5, 5.41) is 3.47. The molecule has 57 heavy (non-hydrogen) atoms. The summed E-state index contributed by atoms with van der Waals surface area (Å²) in [6, 6.07) is 57.1. The third kappa shape index (κ3) is 6.56. The Morgan fingerprint density at radius 2 is 0.895 bits per heavy atom. The van der Waals surface area contributed by atoms with Crippen molar-refractivity contribution >= 4 is 38.6 Å². The molecule has 268 valence electrons. The van der Waals surface area contributed by atoms with Crippen LogP contribution >= 0.6 is 0 Å². The van der Waals surface area contributed by atoms with Crippen molar-refractivity contribution in [3.05, 3.63) is 236 Å². The van der Waals surface area contributed by atoms with E-state index in [0.717, 1.165) is 49.4 Å². The summed E-state index contributed by atoms with van der Waals surface area (Å²) in [4.78, 5) is 1.45. The first-order valence-corrected chi connectivity index (χ1v) is 19.0. The van der Waals surface area contributed by atoms with Gasteiger partial charge in [-0.15, -0.1) is 0 Å².